The van der Waals surface area contributed by atoms with Crippen molar-refractivity contribution in [3.05, 3.63) is 17.5 Å². The fraction of sp³-hybridized carbons (Fsp3) is 0.667. The lowest BCUT2D eigenvalue weighted by molar-refractivity contribution is 0.249. The fourth-order valence-electron chi connectivity index (χ4n) is 3.48. The molecule has 0 bridgehead atoms. The van der Waals surface area contributed by atoms with Crippen LogP contribution in [0.25, 0.3) is 0 Å². The van der Waals surface area contributed by atoms with Gasteiger partial charge in [0.2, 0.25) is 0 Å². The van der Waals surface area contributed by atoms with E-state index < -0.39 is 0 Å². The highest BCUT2D eigenvalue weighted by molar-refractivity contribution is 9.09. The fourth-order valence-corrected chi connectivity index (χ4v) is 4.16. The van der Waals surface area contributed by atoms with Gasteiger partial charge in [0.15, 0.2) is 0 Å². The van der Waals surface area contributed by atoms with Crippen LogP contribution in [0.2, 0.25) is 0 Å². The smallest absolute Gasteiger partial charge is 0.103 e. The second kappa shape index (κ2) is 3.82. The maximum absolute atomic E-state index is 9.06. The van der Waals surface area contributed by atoms with Crippen molar-refractivity contribution in [3.63, 3.8) is 0 Å². The van der Waals surface area contributed by atoms with Crippen LogP contribution in [0.4, 0.5) is 0 Å². The maximum atomic E-state index is 9.06. The van der Waals surface area contributed by atoms with Crippen LogP contribution in [0.15, 0.2) is 6.20 Å². The van der Waals surface area contributed by atoms with Gasteiger partial charge in [-0.3, -0.25) is 5.10 Å². The Bertz CT molecular complexity index is 477. The summed E-state index contributed by atoms with van der Waals surface area (Å²) in [6.07, 6.45) is 2.80. The number of alkyl halides is 1. The molecular weight excluding hydrogens is 280 g/mol. The Kier molecular flexibility index (Phi) is 2.53. The number of nitriles is 1. The maximum Gasteiger partial charge on any atom is 0.103 e. The van der Waals surface area contributed by atoms with Crippen LogP contribution in [0.3, 0.4) is 0 Å². The van der Waals surface area contributed by atoms with Crippen LogP contribution in [-0.2, 0) is 0 Å². The second-order valence-corrected chi connectivity index (χ2v) is 5.88. The lowest BCUT2D eigenvalue weighted by atomic mass is 9.89. The number of hydrogen-bond acceptors (Lipinski definition) is 3. The number of nitrogens with zero attached hydrogens (tertiary/aromatic N) is 2. The lowest BCUT2D eigenvalue weighted by Crippen LogP contribution is -2.50. The van der Waals surface area contributed by atoms with E-state index in [1.165, 1.54) is 0 Å². The molecule has 1 aromatic rings. The average Bonchev–Trinajstić information content (AvgIpc) is 2.67. The van der Waals surface area contributed by atoms with Gasteiger partial charge in [-0.05, 0) is 12.3 Å². The summed E-state index contributed by atoms with van der Waals surface area (Å²) >= 11 is 3.51. The van der Waals surface area contributed by atoms with Crippen molar-refractivity contribution < 1.29 is 0 Å². The molecule has 4 nitrogen and oxygen atoms in total. The Morgan fingerprint density at radius 1 is 1.76 bits per heavy atom. The van der Waals surface area contributed by atoms with Gasteiger partial charge in [-0.1, -0.05) is 22.9 Å². The molecule has 2 aliphatic rings. The summed E-state index contributed by atoms with van der Waals surface area (Å²) in [4.78, 5) is 0. The quantitative estimate of drug-likeness (QED) is 0.832. The largest absolute Gasteiger partial charge is 0.310 e. The minimum absolute atomic E-state index is 0.228. The van der Waals surface area contributed by atoms with Gasteiger partial charge < -0.3 is 5.32 Å². The van der Waals surface area contributed by atoms with Crippen molar-refractivity contribution in [1.29, 1.82) is 5.26 Å². The summed E-state index contributed by atoms with van der Waals surface area (Å²) in [6, 6.07) is 2.22. The van der Waals surface area contributed by atoms with E-state index in [2.05, 4.69) is 44.4 Å². The first kappa shape index (κ1) is 11.2. The van der Waals surface area contributed by atoms with Crippen LogP contribution >= 0.6 is 15.9 Å². The zero-order valence-electron chi connectivity index (χ0n) is 9.70. The normalized spacial score (nSPS) is 35.6. The molecule has 1 aliphatic carbocycles. The standard InChI is InChI=1S/C12H15BrN4/c1-7(2-3-13)12-9(6-15-12)10(12)11-8(4-14)5-16-17-11/h5,7,9-10,15H,2-3,6H2,1H3,(H,16,17)/t7-,9-,10?,12+/m1/s1. The number of fused-ring (bicyclic) bond motifs is 1. The first-order valence-corrected chi connectivity index (χ1v) is 7.12. The van der Waals surface area contributed by atoms with E-state index in [1.807, 2.05) is 0 Å². The van der Waals surface area contributed by atoms with Crippen LogP contribution < -0.4 is 5.32 Å². The highest BCUT2D eigenvalue weighted by atomic mass is 79.9. The zero-order chi connectivity index (χ0) is 12.0. The number of rotatable bonds is 4. The molecule has 0 spiro atoms. The molecule has 2 heterocycles. The molecule has 1 aliphatic heterocycles. The molecule has 5 heteroatoms. The summed E-state index contributed by atoms with van der Waals surface area (Å²) in [5.74, 6) is 1.76. The Labute approximate surface area is 109 Å². The van der Waals surface area contributed by atoms with Gasteiger partial charge in [-0.25, -0.2) is 0 Å². The zero-order valence-corrected chi connectivity index (χ0v) is 11.3. The molecule has 2 fully saturated rings. The number of hydrogen-bond donors (Lipinski definition) is 2. The van der Waals surface area contributed by atoms with E-state index in [0.29, 0.717) is 23.3 Å². The van der Waals surface area contributed by atoms with Crippen LogP contribution in [0, 0.1) is 23.2 Å². The lowest BCUT2D eigenvalue weighted by Gasteiger charge is -2.33. The molecule has 17 heavy (non-hydrogen) atoms. The van der Waals surface area contributed by atoms with Crippen LogP contribution in [-0.4, -0.2) is 27.6 Å². The average molecular weight is 295 g/mol. The topological polar surface area (TPSA) is 64.5 Å². The van der Waals surface area contributed by atoms with E-state index in [1.54, 1.807) is 6.20 Å². The summed E-state index contributed by atoms with van der Waals surface area (Å²) < 4.78 is 0. The Morgan fingerprint density at radius 2 is 2.59 bits per heavy atom. The molecule has 2 N–H and O–H groups in total. The molecular formula is C12H15BrN4. The number of aromatic amines is 1. The van der Waals surface area contributed by atoms with E-state index in [9.17, 15) is 0 Å². The molecule has 1 saturated heterocycles. The Balaban J connectivity index is 1.86. The SMILES string of the molecule is C[C@H](CCBr)[C@]12NC[C@@H]1C2c1[nH]ncc1C#N. The Hall–Kier alpha value is -0.860. The van der Waals surface area contributed by atoms with Crippen molar-refractivity contribution in [2.24, 2.45) is 11.8 Å². The van der Waals surface area contributed by atoms with Crippen molar-refractivity contribution in [1.82, 2.24) is 15.5 Å². The van der Waals surface area contributed by atoms with Gasteiger partial charge in [0, 0.05) is 29.2 Å². The van der Waals surface area contributed by atoms with E-state index in [0.717, 1.165) is 24.0 Å². The van der Waals surface area contributed by atoms with Crippen molar-refractivity contribution in [3.8, 4) is 6.07 Å². The Morgan fingerprint density at radius 3 is 3.18 bits per heavy atom. The van der Waals surface area contributed by atoms with Crippen molar-refractivity contribution in [2.45, 2.75) is 24.8 Å². The van der Waals surface area contributed by atoms with E-state index in [-0.39, 0.29) is 5.54 Å². The third-order valence-electron chi connectivity index (χ3n) is 4.51. The predicted molar refractivity (Wildman–Crippen MR) is 67.8 cm³/mol. The minimum atomic E-state index is 0.228. The van der Waals surface area contributed by atoms with Gasteiger partial charge in [0.1, 0.15) is 6.07 Å². The van der Waals surface area contributed by atoms with Gasteiger partial charge in [-0.15, -0.1) is 0 Å². The van der Waals surface area contributed by atoms with Gasteiger partial charge in [0.25, 0.3) is 0 Å². The third-order valence-corrected chi connectivity index (χ3v) is 4.97. The molecule has 0 aromatic carbocycles. The second-order valence-electron chi connectivity index (χ2n) is 5.09. The number of nitrogens with one attached hydrogen (secondary N) is 2. The number of H-pyrrole nitrogens is 1. The predicted octanol–water partition coefficient (Wildman–Crippen LogP) is 1.76. The monoisotopic (exact) mass is 294 g/mol. The molecule has 1 aromatic heterocycles. The van der Waals surface area contributed by atoms with Crippen LogP contribution in [0.1, 0.15) is 30.5 Å². The van der Waals surface area contributed by atoms with E-state index in [4.69, 9.17) is 5.26 Å². The van der Waals surface area contributed by atoms with Gasteiger partial charge in [0.05, 0.1) is 17.5 Å². The molecule has 1 saturated carbocycles. The number of halogens is 1. The summed E-state index contributed by atoms with van der Waals surface area (Å²) in [5.41, 5.74) is 1.96. The molecule has 0 radical (unpaired) electrons. The summed E-state index contributed by atoms with van der Waals surface area (Å²) in [6.45, 7) is 3.37. The molecule has 0 amide bonds. The summed E-state index contributed by atoms with van der Waals surface area (Å²) in [5, 5.41) is 20.7. The molecule has 3 rings (SSSR count). The first-order chi connectivity index (χ1) is 8.25. The molecule has 90 valence electrons. The molecule has 4 atom stereocenters. The van der Waals surface area contributed by atoms with Gasteiger partial charge >= 0.3 is 0 Å². The minimum Gasteiger partial charge on any atom is -0.310 e. The van der Waals surface area contributed by atoms with E-state index >= 15 is 0 Å². The van der Waals surface area contributed by atoms with Crippen molar-refractivity contribution >= 4 is 15.9 Å². The van der Waals surface area contributed by atoms with Gasteiger partial charge in [-0.2, -0.15) is 10.4 Å². The molecule has 1 unspecified atom stereocenters. The summed E-state index contributed by atoms with van der Waals surface area (Å²) in [7, 11) is 0. The van der Waals surface area contributed by atoms with Crippen molar-refractivity contribution in [2.75, 3.05) is 11.9 Å². The highest BCUT2D eigenvalue weighted by Crippen LogP contribution is 2.66. The highest BCUT2D eigenvalue weighted by Gasteiger charge is 2.73. The van der Waals surface area contributed by atoms with Crippen LogP contribution in [0.5, 0.6) is 0 Å². The third kappa shape index (κ3) is 1.34. The number of aromatic nitrogens is 2. The first-order valence-electron chi connectivity index (χ1n) is 6.00.